The van der Waals surface area contributed by atoms with Crippen molar-refractivity contribution in [1.82, 2.24) is 9.88 Å². The summed E-state index contributed by atoms with van der Waals surface area (Å²) in [6.45, 7) is -0.231. The Kier molecular flexibility index (Phi) is 4.79. The molecule has 3 heterocycles. The van der Waals surface area contributed by atoms with Crippen LogP contribution in [-0.2, 0) is 11.0 Å². The molecule has 2 N–H and O–H groups in total. The predicted molar refractivity (Wildman–Crippen MR) is 98.3 cm³/mol. The van der Waals surface area contributed by atoms with Gasteiger partial charge in [0, 0.05) is 19.3 Å². The second-order valence-corrected chi connectivity index (χ2v) is 7.04. The monoisotopic (exact) mass is 438 g/mol. The summed E-state index contributed by atoms with van der Waals surface area (Å²) < 4.78 is 53.4. The Bertz CT molecular complexity index is 1100. The van der Waals surface area contributed by atoms with Gasteiger partial charge in [0.2, 0.25) is 5.91 Å². The van der Waals surface area contributed by atoms with Crippen molar-refractivity contribution in [3.63, 3.8) is 0 Å². The van der Waals surface area contributed by atoms with Gasteiger partial charge in [-0.2, -0.15) is 13.2 Å². The topological polar surface area (TPSA) is 103 Å². The number of piperazine rings is 1. The van der Waals surface area contributed by atoms with Gasteiger partial charge in [0.1, 0.15) is 11.9 Å². The molecule has 1 saturated heterocycles. The summed E-state index contributed by atoms with van der Waals surface area (Å²) in [7, 11) is 0. The first kappa shape index (κ1) is 20.6. The molecular weight excluding hydrogens is 424 g/mol. The Hall–Kier alpha value is -3.70. The van der Waals surface area contributed by atoms with E-state index >= 15 is 0 Å². The van der Waals surface area contributed by atoms with Crippen LogP contribution in [0, 0.1) is 5.82 Å². The maximum absolute atomic E-state index is 13.6. The normalized spacial score (nSPS) is 18.2. The molecular formula is C19H14F4N4O4. The summed E-state index contributed by atoms with van der Waals surface area (Å²) in [6, 6.07) is 1.96. The first-order chi connectivity index (χ1) is 14.6. The van der Waals surface area contributed by atoms with Crippen LogP contribution >= 0.6 is 0 Å². The Morgan fingerprint density at radius 2 is 1.94 bits per heavy atom. The molecule has 0 radical (unpaired) electrons. The zero-order valence-corrected chi connectivity index (χ0v) is 15.6. The first-order valence-electron chi connectivity index (χ1n) is 9.03. The van der Waals surface area contributed by atoms with Gasteiger partial charge in [-0.3, -0.25) is 9.59 Å². The van der Waals surface area contributed by atoms with E-state index in [1.807, 2.05) is 0 Å². The number of aromatic nitrogens is 1. The van der Waals surface area contributed by atoms with E-state index < -0.39 is 46.9 Å². The van der Waals surface area contributed by atoms with Gasteiger partial charge in [0.15, 0.2) is 5.82 Å². The Morgan fingerprint density at radius 1 is 1.19 bits per heavy atom. The van der Waals surface area contributed by atoms with E-state index in [1.54, 1.807) is 4.90 Å². The van der Waals surface area contributed by atoms with E-state index in [-0.39, 0.29) is 30.9 Å². The zero-order chi connectivity index (χ0) is 22.5. The Balaban J connectivity index is 1.62. The molecule has 2 aliphatic heterocycles. The van der Waals surface area contributed by atoms with E-state index in [0.717, 1.165) is 11.1 Å². The number of aromatic carboxylic acids is 1. The number of fused-ring (bicyclic) bond motifs is 3. The number of halogens is 4. The molecule has 2 aliphatic rings. The van der Waals surface area contributed by atoms with Crippen LogP contribution in [-0.4, -0.2) is 58.5 Å². The van der Waals surface area contributed by atoms with Gasteiger partial charge in [0.05, 0.1) is 28.9 Å². The summed E-state index contributed by atoms with van der Waals surface area (Å²) in [5, 5.41) is 11.6. The third-order valence-corrected chi connectivity index (χ3v) is 5.13. The van der Waals surface area contributed by atoms with Crippen LogP contribution in [0.1, 0.15) is 26.3 Å². The number of carboxylic acids is 1. The van der Waals surface area contributed by atoms with Gasteiger partial charge in [-0.25, -0.2) is 14.2 Å². The first-order valence-corrected chi connectivity index (χ1v) is 9.03. The molecule has 2 aromatic rings. The minimum Gasteiger partial charge on any atom is -0.478 e. The van der Waals surface area contributed by atoms with Crippen molar-refractivity contribution in [1.29, 1.82) is 0 Å². The van der Waals surface area contributed by atoms with Crippen molar-refractivity contribution in [2.45, 2.75) is 12.2 Å². The largest absolute Gasteiger partial charge is 0.478 e. The molecule has 1 atom stereocenters. The van der Waals surface area contributed by atoms with Crippen molar-refractivity contribution in [2.24, 2.45) is 0 Å². The molecule has 4 rings (SSSR count). The number of rotatable bonds is 2. The van der Waals surface area contributed by atoms with Crippen molar-refractivity contribution in [2.75, 3.05) is 29.9 Å². The highest BCUT2D eigenvalue weighted by Crippen LogP contribution is 2.35. The van der Waals surface area contributed by atoms with Crippen LogP contribution in [0.4, 0.5) is 29.1 Å². The smallest absolute Gasteiger partial charge is 0.417 e. The molecule has 12 heteroatoms. The van der Waals surface area contributed by atoms with Gasteiger partial charge in [-0.1, -0.05) is 0 Å². The van der Waals surface area contributed by atoms with Crippen LogP contribution in [0.15, 0.2) is 30.5 Å². The van der Waals surface area contributed by atoms with Crippen LogP contribution in [0.5, 0.6) is 0 Å². The number of pyridine rings is 1. The van der Waals surface area contributed by atoms with Gasteiger partial charge >= 0.3 is 12.1 Å². The van der Waals surface area contributed by atoms with E-state index in [4.69, 9.17) is 5.11 Å². The SMILES string of the molecule is O=C(O)c1cnc2c(c1)NC(=O)C1CN(C(=O)c3cc(F)ccc3C(F)(F)F)CCN21. The Labute approximate surface area is 172 Å². The molecule has 1 fully saturated rings. The third kappa shape index (κ3) is 3.64. The number of carbonyl (C=O) groups is 3. The third-order valence-electron chi connectivity index (χ3n) is 5.13. The number of hydrogen-bond acceptors (Lipinski definition) is 5. The fourth-order valence-corrected chi connectivity index (χ4v) is 3.67. The van der Waals surface area contributed by atoms with Crippen molar-refractivity contribution in [3.8, 4) is 0 Å². The van der Waals surface area contributed by atoms with Gasteiger partial charge in [-0.15, -0.1) is 0 Å². The fourth-order valence-electron chi connectivity index (χ4n) is 3.67. The quantitative estimate of drug-likeness (QED) is 0.698. The number of anilines is 2. The lowest BCUT2D eigenvalue weighted by molar-refractivity contribution is -0.138. The second kappa shape index (κ2) is 7.22. The highest BCUT2D eigenvalue weighted by atomic mass is 19.4. The highest BCUT2D eigenvalue weighted by Gasteiger charge is 2.42. The predicted octanol–water partition coefficient (Wildman–Crippen LogP) is 2.22. The number of carboxylic acid groups (broad SMARTS) is 1. The lowest BCUT2D eigenvalue weighted by atomic mass is 10.0. The van der Waals surface area contributed by atoms with E-state index in [9.17, 15) is 31.9 Å². The van der Waals surface area contributed by atoms with Crippen LogP contribution in [0.3, 0.4) is 0 Å². The maximum Gasteiger partial charge on any atom is 0.417 e. The number of benzene rings is 1. The van der Waals surface area contributed by atoms with Crippen LogP contribution < -0.4 is 10.2 Å². The van der Waals surface area contributed by atoms with E-state index in [1.165, 1.54) is 6.07 Å². The van der Waals surface area contributed by atoms with Gasteiger partial charge in [0.25, 0.3) is 5.91 Å². The lowest BCUT2D eigenvalue weighted by Crippen LogP contribution is -2.61. The van der Waals surface area contributed by atoms with Crippen LogP contribution in [0.25, 0.3) is 0 Å². The number of carbonyl (C=O) groups excluding carboxylic acids is 2. The summed E-state index contributed by atoms with van der Waals surface area (Å²) in [6.07, 6.45) is -3.73. The molecule has 2 amide bonds. The van der Waals surface area contributed by atoms with Crippen molar-refractivity contribution >= 4 is 29.3 Å². The number of nitrogens with zero attached hydrogens (tertiary/aromatic N) is 3. The highest BCUT2D eigenvalue weighted by molar-refractivity contribution is 6.05. The second-order valence-electron chi connectivity index (χ2n) is 7.04. The number of hydrogen-bond donors (Lipinski definition) is 2. The molecule has 0 aliphatic carbocycles. The molecule has 1 aromatic heterocycles. The minimum absolute atomic E-state index is 0.0434. The lowest BCUT2D eigenvalue weighted by Gasteiger charge is -2.44. The van der Waals surface area contributed by atoms with E-state index in [0.29, 0.717) is 24.0 Å². The van der Waals surface area contributed by atoms with Crippen LogP contribution in [0.2, 0.25) is 0 Å². The molecule has 1 aromatic carbocycles. The van der Waals surface area contributed by atoms with Crippen molar-refractivity contribution < 1.29 is 37.1 Å². The molecule has 1 unspecified atom stereocenters. The number of nitrogens with one attached hydrogen (secondary N) is 1. The fraction of sp³-hybridized carbons (Fsp3) is 0.263. The summed E-state index contributed by atoms with van der Waals surface area (Å²) in [5.74, 6) is -3.53. The standard InChI is InChI=1S/C19H14F4N4O4/c20-10-1-2-12(19(21,22)23)11(6-10)17(29)26-3-4-27-14(8-26)16(28)25-13-5-9(18(30)31)7-24-15(13)27/h1-2,5-7,14H,3-4,8H2,(H,25,28)(H,30,31). The number of alkyl halides is 3. The molecule has 8 nitrogen and oxygen atoms in total. The molecule has 0 saturated carbocycles. The molecule has 162 valence electrons. The average Bonchev–Trinajstić information content (AvgIpc) is 2.71. The number of amides is 2. The summed E-state index contributed by atoms with van der Waals surface area (Å²) in [4.78, 5) is 43.1. The summed E-state index contributed by atoms with van der Waals surface area (Å²) in [5.41, 5.74) is -2.04. The zero-order valence-electron chi connectivity index (χ0n) is 15.6. The maximum atomic E-state index is 13.6. The van der Waals surface area contributed by atoms with E-state index in [2.05, 4.69) is 10.3 Å². The minimum atomic E-state index is -4.85. The van der Waals surface area contributed by atoms with Crippen molar-refractivity contribution in [3.05, 3.63) is 53.0 Å². The summed E-state index contributed by atoms with van der Waals surface area (Å²) >= 11 is 0. The Morgan fingerprint density at radius 3 is 2.61 bits per heavy atom. The molecule has 0 spiro atoms. The van der Waals surface area contributed by atoms with Gasteiger partial charge in [-0.05, 0) is 24.3 Å². The van der Waals surface area contributed by atoms with Gasteiger partial charge < -0.3 is 20.2 Å². The molecule has 31 heavy (non-hydrogen) atoms. The average molecular weight is 438 g/mol. The molecule has 0 bridgehead atoms.